The molecule has 0 radical (unpaired) electrons. The zero-order valence-corrected chi connectivity index (χ0v) is 10.1. The van der Waals surface area contributed by atoms with Crippen molar-refractivity contribution in [2.45, 2.75) is 18.2 Å². The molecule has 0 aliphatic heterocycles. The maximum atomic E-state index is 6.23. The Kier molecular flexibility index (Phi) is 2.81. The second-order valence-electron chi connectivity index (χ2n) is 4.33. The lowest BCUT2D eigenvalue weighted by molar-refractivity contribution is 0.769. The second kappa shape index (κ2) is 4.45. The van der Waals surface area contributed by atoms with Crippen LogP contribution in [0.25, 0.3) is 11.2 Å². The number of nitrogens with one attached hydrogen (secondary N) is 1. The lowest BCUT2D eigenvalue weighted by Gasteiger charge is -2.10. The Bertz CT molecular complexity index is 527. The molecular weight excluding hydrogens is 236 g/mol. The highest BCUT2D eigenvalue weighted by Gasteiger charge is 2.29. The summed E-state index contributed by atoms with van der Waals surface area (Å²) in [5.74, 6) is 1.49. The van der Waals surface area contributed by atoms with E-state index in [2.05, 4.69) is 20.3 Å². The number of hydrogen-bond acceptors (Lipinski definition) is 4. The van der Waals surface area contributed by atoms with Gasteiger partial charge >= 0.3 is 0 Å². The van der Waals surface area contributed by atoms with Crippen molar-refractivity contribution in [2.24, 2.45) is 5.92 Å². The van der Waals surface area contributed by atoms with Gasteiger partial charge in [-0.3, -0.25) is 4.98 Å². The molecule has 1 atom stereocenters. The van der Waals surface area contributed by atoms with Gasteiger partial charge in [0.1, 0.15) is 11.3 Å². The van der Waals surface area contributed by atoms with Crippen LogP contribution in [0.15, 0.2) is 24.5 Å². The minimum atomic E-state index is 0.203. The van der Waals surface area contributed by atoms with E-state index in [0.29, 0.717) is 11.6 Å². The summed E-state index contributed by atoms with van der Waals surface area (Å²) in [7, 11) is 0. The van der Waals surface area contributed by atoms with Gasteiger partial charge in [-0.1, -0.05) is 0 Å². The molecule has 2 aromatic heterocycles. The van der Waals surface area contributed by atoms with Crippen molar-refractivity contribution in [1.29, 1.82) is 0 Å². The first kappa shape index (κ1) is 10.7. The molecule has 1 aliphatic rings. The van der Waals surface area contributed by atoms with E-state index < -0.39 is 0 Å². The molecule has 1 unspecified atom stereocenters. The molecule has 0 bridgehead atoms. The summed E-state index contributed by atoms with van der Waals surface area (Å²) in [6.07, 6.45) is 5.83. The van der Waals surface area contributed by atoms with E-state index in [4.69, 9.17) is 11.6 Å². The Morgan fingerprint density at radius 2 is 2.12 bits per heavy atom. The Balaban J connectivity index is 1.71. The number of alkyl halides is 1. The molecule has 0 saturated heterocycles. The zero-order valence-electron chi connectivity index (χ0n) is 9.31. The van der Waals surface area contributed by atoms with Crippen LogP contribution in [0.5, 0.6) is 0 Å². The lowest BCUT2D eigenvalue weighted by Crippen LogP contribution is -2.16. The Hall–Kier alpha value is -1.42. The van der Waals surface area contributed by atoms with E-state index >= 15 is 0 Å². The molecule has 88 valence electrons. The molecule has 0 amide bonds. The first-order valence-corrected chi connectivity index (χ1v) is 6.22. The maximum absolute atomic E-state index is 6.23. The molecule has 1 N–H and O–H groups in total. The Labute approximate surface area is 104 Å². The van der Waals surface area contributed by atoms with Gasteiger partial charge in [0.25, 0.3) is 0 Å². The molecule has 1 saturated carbocycles. The lowest BCUT2D eigenvalue weighted by atomic mass is 10.3. The third-order valence-electron chi connectivity index (χ3n) is 2.94. The van der Waals surface area contributed by atoms with Gasteiger partial charge in [-0.2, -0.15) is 0 Å². The van der Waals surface area contributed by atoms with Gasteiger partial charge in [0.05, 0.1) is 5.38 Å². The summed E-state index contributed by atoms with van der Waals surface area (Å²) >= 11 is 6.23. The molecule has 17 heavy (non-hydrogen) atoms. The summed E-state index contributed by atoms with van der Waals surface area (Å²) in [5.41, 5.74) is 1.47. The highest BCUT2D eigenvalue weighted by Crippen LogP contribution is 2.35. The summed E-state index contributed by atoms with van der Waals surface area (Å²) in [6.45, 7) is 0.755. The Morgan fingerprint density at radius 1 is 1.29 bits per heavy atom. The minimum Gasteiger partial charge on any atom is -0.369 e. The maximum Gasteiger partial charge on any atom is 0.180 e. The number of fused-ring (bicyclic) bond motifs is 1. The number of anilines is 1. The van der Waals surface area contributed by atoms with E-state index in [9.17, 15) is 0 Å². The fraction of sp³-hybridized carbons (Fsp3) is 0.417. The fourth-order valence-electron chi connectivity index (χ4n) is 1.78. The van der Waals surface area contributed by atoms with Crippen LogP contribution in [-0.4, -0.2) is 26.9 Å². The van der Waals surface area contributed by atoms with Crippen LogP contribution in [0.3, 0.4) is 0 Å². The minimum absolute atomic E-state index is 0.203. The van der Waals surface area contributed by atoms with E-state index in [-0.39, 0.29) is 5.38 Å². The van der Waals surface area contributed by atoms with Crippen LogP contribution in [0.2, 0.25) is 0 Å². The molecule has 2 aromatic rings. The number of pyridine rings is 1. The van der Waals surface area contributed by atoms with E-state index in [0.717, 1.165) is 17.9 Å². The van der Waals surface area contributed by atoms with Crippen LogP contribution >= 0.6 is 11.6 Å². The number of hydrogen-bond donors (Lipinski definition) is 1. The van der Waals surface area contributed by atoms with Crippen LogP contribution in [0.4, 0.5) is 5.82 Å². The SMILES string of the molecule is ClC(CNc1ccc2nccnc2n1)C1CC1. The van der Waals surface area contributed by atoms with Crippen molar-refractivity contribution in [3.05, 3.63) is 24.5 Å². The third kappa shape index (κ3) is 2.47. The number of aromatic nitrogens is 3. The van der Waals surface area contributed by atoms with Gasteiger partial charge in [-0.05, 0) is 30.9 Å². The van der Waals surface area contributed by atoms with Crippen LogP contribution in [-0.2, 0) is 0 Å². The van der Waals surface area contributed by atoms with Gasteiger partial charge in [-0.15, -0.1) is 11.6 Å². The van der Waals surface area contributed by atoms with Crippen molar-refractivity contribution in [1.82, 2.24) is 15.0 Å². The highest BCUT2D eigenvalue weighted by molar-refractivity contribution is 6.21. The quantitative estimate of drug-likeness (QED) is 0.845. The molecule has 0 aromatic carbocycles. The van der Waals surface area contributed by atoms with E-state index in [1.165, 1.54) is 12.8 Å². The first-order valence-electron chi connectivity index (χ1n) is 5.78. The standard InChI is InChI=1S/C12H13ClN4/c13-9(8-1-2-8)7-16-11-4-3-10-12(17-11)15-6-5-14-10/h3-6,8-9H,1-2,7H2,(H,15,16,17). The largest absolute Gasteiger partial charge is 0.369 e. The third-order valence-corrected chi connectivity index (χ3v) is 3.45. The van der Waals surface area contributed by atoms with E-state index in [1.807, 2.05) is 12.1 Å². The van der Waals surface area contributed by atoms with Crippen molar-refractivity contribution < 1.29 is 0 Å². The summed E-state index contributed by atoms with van der Waals surface area (Å²) in [5, 5.41) is 3.45. The number of rotatable bonds is 4. The highest BCUT2D eigenvalue weighted by atomic mass is 35.5. The average molecular weight is 249 g/mol. The van der Waals surface area contributed by atoms with Crippen molar-refractivity contribution in [3.8, 4) is 0 Å². The molecule has 1 aliphatic carbocycles. The van der Waals surface area contributed by atoms with Gasteiger partial charge in [0.15, 0.2) is 5.65 Å². The van der Waals surface area contributed by atoms with Crippen LogP contribution < -0.4 is 5.32 Å². The molecule has 1 fully saturated rings. The summed E-state index contributed by atoms with van der Waals surface area (Å²) in [4.78, 5) is 12.7. The molecular formula is C12H13ClN4. The summed E-state index contributed by atoms with van der Waals surface area (Å²) in [6, 6.07) is 3.82. The van der Waals surface area contributed by atoms with Crippen molar-refractivity contribution in [3.63, 3.8) is 0 Å². The topological polar surface area (TPSA) is 50.7 Å². The smallest absolute Gasteiger partial charge is 0.180 e. The van der Waals surface area contributed by atoms with Crippen molar-refractivity contribution >= 4 is 28.6 Å². The van der Waals surface area contributed by atoms with Gasteiger partial charge in [0, 0.05) is 18.9 Å². The van der Waals surface area contributed by atoms with Gasteiger partial charge in [-0.25, -0.2) is 9.97 Å². The fourth-order valence-corrected chi connectivity index (χ4v) is 2.11. The molecule has 3 rings (SSSR count). The normalized spacial score (nSPS) is 17.0. The van der Waals surface area contributed by atoms with E-state index in [1.54, 1.807) is 12.4 Å². The first-order chi connectivity index (χ1) is 8.33. The number of halogens is 1. The monoisotopic (exact) mass is 248 g/mol. The summed E-state index contributed by atoms with van der Waals surface area (Å²) < 4.78 is 0. The molecule has 5 heteroatoms. The predicted octanol–water partition coefficient (Wildman–Crippen LogP) is 2.45. The second-order valence-corrected chi connectivity index (χ2v) is 4.89. The predicted molar refractivity (Wildman–Crippen MR) is 68.2 cm³/mol. The number of nitrogens with zero attached hydrogens (tertiary/aromatic N) is 3. The molecule has 2 heterocycles. The zero-order chi connectivity index (χ0) is 11.7. The average Bonchev–Trinajstić information content (AvgIpc) is 3.20. The van der Waals surface area contributed by atoms with Crippen LogP contribution in [0, 0.1) is 5.92 Å². The van der Waals surface area contributed by atoms with Gasteiger partial charge in [0.2, 0.25) is 0 Å². The molecule has 0 spiro atoms. The Morgan fingerprint density at radius 3 is 2.94 bits per heavy atom. The molecule has 4 nitrogen and oxygen atoms in total. The van der Waals surface area contributed by atoms with Gasteiger partial charge < -0.3 is 5.32 Å². The van der Waals surface area contributed by atoms with Crippen LogP contribution in [0.1, 0.15) is 12.8 Å². The van der Waals surface area contributed by atoms with Crippen molar-refractivity contribution in [2.75, 3.05) is 11.9 Å².